The predicted octanol–water partition coefficient (Wildman–Crippen LogP) is 4.99. The molecule has 0 amide bonds. The first kappa shape index (κ1) is 22.6. The van der Waals surface area contributed by atoms with Crippen molar-refractivity contribution in [3.63, 3.8) is 0 Å². The summed E-state index contributed by atoms with van der Waals surface area (Å²) in [4.78, 5) is 24.8. The van der Waals surface area contributed by atoms with E-state index in [1.807, 2.05) is 25.2 Å². The molecule has 3 rings (SSSR count). The zero-order valence-corrected chi connectivity index (χ0v) is 19.1. The molecule has 0 spiro atoms. The van der Waals surface area contributed by atoms with Gasteiger partial charge in [-0.1, -0.05) is 49.6 Å². The first-order chi connectivity index (χ1) is 14.1. The minimum absolute atomic E-state index is 0.248. The first-order valence-electron chi connectivity index (χ1n) is 10.2. The van der Waals surface area contributed by atoms with Crippen molar-refractivity contribution in [1.82, 2.24) is 0 Å². The summed E-state index contributed by atoms with van der Waals surface area (Å²) in [5.74, 6) is -1.12. The molecule has 30 heavy (non-hydrogen) atoms. The molecule has 0 radical (unpaired) electrons. The van der Waals surface area contributed by atoms with Crippen molar-refractivity contribution in [1.29, 1.82) is 0 Å². The highest BCUT2D eigenvalue weighted by Gasteiger charge is 2.63. The Hall–Kier alpha value is -2.11. The lowest BCUT2D eigenvalue weighted by Crippen LogP contribution is -2.51. The van der Waals surface area contributed by atoms with Crippen LogP contribution in [-0.2, 0) is 23.8 Å². The second kappa shape index (κ2) is 8.56. The number of allylic oxidation sites excluding steroid dienone is 6. The minimum Gasteiger partial charge on any atom is -0.465 e. The third-order valence-electron chi connectivity index (χ3n) is 6.16. The Morgan fingerprint density at radius 2 is 2.10 bits per heavy atom. The lowest BCUT2D eigenvalue weighted by molar-refractivity contribution is -0.158. The van der Waals surface area contributed by atoms with E-state index in [0.717, 1.165) is 12.0 Å². The van der Waals surface area contributed by atoms with Crippen LogP contribution < -0.4 is 0 Å². The van der Waals surface area contributed by atoms with E-state index in [0.29, 0.717) is 27.9 Å². The van der Waals surface area contributed by atoms with Crippen LogP contribution in [0.4, 0.5) is 0 Å². The van der Waals surface area contributed by atoms with Gasteiger partial charge in [0.1, 0.15) is 29.2 Å². The minimum atomic E-state index is -1.07. The number of hydrogen-bond acceptors (Lipinski definition) is 5. The topological polar surface area (TPSA) is 61.8 Å². The molecule has 6 heteroatoms. The molecule has 0 bridgehead atoms. The van der Waals surface area contributed by atoms with E-state index in [9.17, 15) is 9.59 Å². The molecular formula is C24H29ClO5. The highest BCUT2D eigenvalue weighted by Crippen LogP contribution is 2.54. The summed E-state index contributed by atoms with van der Waals surface area (Å²) in [6.07, 6.45) is 9.90. The predicted molar refractivity (Wildman–Crippen MR) is 115 cm³/mol. The van der Waals surface area contributed by atoms with E-state index >= 15 is 0 Å². The largest absolute Gasteiger partial charge is 0.465 e. The van der Waals surface area contributed by atoms with Crippen molar-refractivity contribution in [2.75, 3.05) is 7.11 Å². The SMILES string of the molecule is CC[C@H](C)/C=C(C)/C=C/C1=CC2=C(Cl)[C@H](OC)[C@]3(C)OC(=O)[C@H](C(C)=O)[C@H]3C2=CO1. The summed E-state index contributed by atoms with van der Waals surface area (Å²) >= 11 is 6.71. The number of rotatable bonds is 6. The maximum absolute atomic E-state index is 12.5. The van der Waals surface area contributed by atoms with Crippen molar-refractivity contribution >= 4 is 23.4 Å². The normalized spacial score (nSPS) is 32.2. The second-order valence-electron chi connectivity index (χ2n) is 8.42. The lowest BCUT2D eigenvalue weighted by atomic mass is 9.67. The molecule has 5 atom stereocenters. The van der Waals surface area contributed by atoms with Crippen LogP contribution >= 0.6 is 11.6 Å². The molecule has 1 saturated heterocycles. The number of carbonyl (C=O) groups is 2. The molecular weight excluding hydrogens is 404 g/mol. The zero-order chi connectivity index (χ0) is 22.2. The molecule has 0 N–H and O–H groups in total. The molecule has 0 unspecified atom stereocenters. The van der Waals surface area contributed by atoms with Crippen LogP contribution in [0.2, 0.25) is 0 Å². The molecule has 2 heterocycles. The third kappa shape index (κ3) is 3.81. The average molecular weight is 433 g/mol. The monoisotopic (exact) mass is 432 g/mol. The van der Waals surface area contributed by atoms with E-state index in [-0.39, 0.29) is 5.78 Å². The summed E-state index contributed by atoms with van der Waals surface area (Å²) < 4.78 is 17.1. The number of carbonyl (C=O) groups excluding carboxylic acids is 2. The van der Waals surface area contributed by atoms with Gasteiger partial charge in [0.15, 0.2) is 0 Å². The fourth-order valence-corrected chi connectivity index (χ4v) is 4.94. The lowest BCUT2D eigenvalue weighted by Gasteiger charge is -2.43. The summed E-state index contributed by atoms with van der Waals surface area (Å²) in [7, 11) is 1.52. The van der Waals surface area contributed by atoms with Gasteiger partial charge in [-0.2, -0.15) is 0 Å². The Bertz CT molecular complexity index is 907. The van der Waals surface area contributed by atoms with Gasteiger partial charge in [0, 0.05) is 18.3 Å². The van der Waals surface area contributed by atoms with Crippen molar-refractivity contribution in [2.45, 2.75) is 52.7 Å². The van der Waals surface area contributed by atoms with Gasteiger partial charge < -0.3 is 14.2 Å². The van der Waals surface area contributed by atoms with E-state index in [4.69, 9.17) is 25.8 Å². The van der Waals surface area contributed by atoms with E-state index in [1.54, 1.807) is 13.2 Å². The maximum atomic E-state index is 12.5. The van der Waals surface area contributed by atoms with Crippen molar-refractivity contribution in [3.05, 3.63) is 58.1 Å². The van der Waals surface area contributed by atoms with Crippen LogP contribution in [0.15, 0.2) is 58.1 Å². The van der Waals surface area contributed by atoms with Gasteiger partial charge >= 0.3 is 5.97 Å². The molecule has 1 fully saturated rings. The van der Waals surface area contributed by atoms with Crippen molar-refractivity contribution < 1.29 is 23.8 Å². The Morgan fingerprint density at radius 1 is 1.40 bits per heavy atom. The molecule has 162 valence electrons. The molecule has 0 aromatic heterocycles. The summed E-state index contributed by atoms with van der Waals surface area (Å²) in [5.41, 5.74) is 1.46. The quantitative estimate of drug-likeness (QED) is 0.336. The maximum Gasteiger partial charge on any atom is 0.317 e. The number of methoxy groups -OCH3 is 1. The fraction of sp³-hybridized carbons (Fsp3) is 0.500. The van der Waals surface area contributed by atoms with Gasteiger partial charge in [0.05, 0.1) is 17.2 Å². The number of Topliss-reactive ketones (excluding diaryl/α,β-unsaturated/α-hetero) is 1. The van der Waals surface area contributed by atoms with Crippen LogP contribution in [0, 0.1) is 17.8 Å². The van der Waals surface area contributed by atoms with Crippen LogP contribution in [0.3, 0.4) is 0 Å². The number of halogens is 1. The highest BCUT2D eigenvalue weighted by molar-refractivity contribution is 6.31. The summed E-state index contributed by atoms with van der Waals surface area (Å²) in [5, 5.41) is 0.431. The van der Waals surface area contributed by atoms with Crippen LogP contribution in [0.25, 0.3) is 0 Å². The standard InChI is InChI=1S/C24H29ClO5/c1-7-13(2)10-14(3)8-9-16-11-17-18(12-29-16)20-19(15(4)26)23(27)30-24(20,5)22(28-6)21(17)25/h8-13,19-20,22H,7H2,1-6H3/b9-8+,14-10+/t13-,19+,20+,22-,24+/m0/s1. The number of ether oxygens (including phenoxy) is 3. The third-order valence-corrected chi connectivity index (χ3v) is 6.57. The van der Waals surface area contributed by atoms with Crippen LogP contribution in [0.1, 0.15) is 41.0 Å². The number of ketones is 1. The Labute approximate surface area is 183 Å². The Kier molecular flexibility index (Phi) is 6.44. The molecule has 5 nitrogen and oxygen atoms in total. The summed E-state index contributed by atoms with van der Waals surface area (Å²) in [6.45, 7) is 9.54. The molecule has 0 aromatic carbocycles. The average Bonchev–Trinajstić information content (AvgIpc) is 2.97. The van der Waals surface area contributed by atoms with Gasteiger partial charge in [-0.25, -0.2) is 0 Å². The smallest absolute Gasteiger partial charge is 0.317 e. The van der Waals surface area contributed by atoms with Gasteiger partial charge in [-0.05, 0) is 38.8 Å². The Morgan fingerprint density at radius 3 is 2.70 bits per heavy atom. The van der Waals surface area contributed by atoms with Gasteiger partial charge in [-0.15, -0.1) is 0 Å². The molecule has 1 aliphatic carbocycles. The number of hydrogen-bond donors (Lipinski definition) is 0. The van der Waals surface area contributed by atoms with Gasteiger partial charge in [-0.3, -0.25) is 9.59 Å². The van der Waals surface area contributed by atoms with Gasteiger partial charge in [0.25, 0.3) is 0 Å². The highest BCUT2D eigenvalue weighted by atomic mass is 35.5. The number of fused-ring (bicyclic) bond motifs is 3. The van der Waals surface area contributed by atoms with Gasteiger partial charge in [0.2, 0.25) is 0 Å². The van der Waals surface area contributed by atoms with E-state index in [2.05, 4.69) is 19.9 Å². The first-order valence-corrected chi connectivity index (χ1v) is 10.6. The zero-order valence-electron chi connectivity index (χ0n) is 18.3. The molecule has 0 aromatic rings. The van der Waals surface area contributed by atoms with E-state index in [1.165, 1.54) is 14.0 Å². The Balaban J connectivity index is 2.00. The molecule has 3 aliphatic rings. The van der Waals surface area contributed by atoms with Crippen LogP contribution in [-0.4, -0.2) is 30.6 Å². The second-order valence-corrected chi connectivity index (χ2v) is 8.82. The van der Waals surface area contributed by atoms with Crippen LogP contribution in [0.5, 0.6) is 0 Å². The van der Waals surface area contributed by atoms with Crippen molar-refractivity contribution in [3.8, 4) is 0 Å². The van der Waals surface area contributed by atoms with E-state index < -0.39 is 29.5 Å². The number of esters is 1. The fourth-order valence-electron chi connectivity index (χ4n) is 4.47. The molecule has 2 aliphatic heterocycles. The molecule has 0 saturated carbocycles. The van der Waals surface area contributed by atoms with Crippen molar-refractivity contribution in [2.24, 2.45) is 17.8 Å². The summed E-state index contributed by atoms with van der Waals surface area (Å²) in [6, 6.07) is 0.